The molecular weight excluding hydrogens is 260 g/mol. The summed E-state index contributed by atoms with van der Waals surface area (Å²) in [4.78, 5) is 4.33. The molecule has 0 aliphatic carbocycles. The summed E-state index contributed by atoms with van der Waals surface area (Å²) in [5.41, 5.74) is 2.10. The molecule has 0 radical (unpaired) electrons. The SMILES string of the molecule is CCNCc1cc(-n2ccc(C(C)C)n2)ncc1Cl. The van der Waals surface area contributed by atoms with Crippen molar-refractivity contribution in [1.29, 1.82) is 0 Å². The molecule has 102 valence electrons. The van der Waals surface area contributed by atoms with Crippen LogP contribution in [-0.2, 0) is 6.54 Å². The lowest BCUT2D eigenvalue weighted by Crippen LogP contribution is -2.13. The molecule has 2 rings (SSSR count). The van der Waals surface area contributed by atoms with Crippen molar-refractivity contribution in [2.45, 2.75) is 33.2 Å². The lowest BCUT2D eigenvalue weighted by atomic mass is 10.1. The van der Waals surface area contributed by atoms with Gasteiger partial charge in [-0.3, -0.25) is 0 Å². The van der Waals surface area contributed by atoms with Gasteiger partial charge in [-0.1, -0.05) is 32.4 Å². The van der Waals surface area contributed by atoms with E-state index in [4.69, 9.17) is 11.6 Å². The van der Waals surface area contributed by atoms with Gasteiger partial charge in [-0.15, -0.1) is 0 Å². The molecule has 0 bridgehead atoms. The number of halogens is 1. The number of nitrogens with zero attached hydrogens (tertiary/aromatic N) is 3. The number of aromatic nitrogens is 3. The van der Waals surface area contributed by atoms with Gasteiger partial charge in [-0.05, 0) is 30.2 Å². The highest BCUT2D eigenvalue weighted by molar-refractivity contribution is 6.31. The molecule has 0 unspecified atom stereocenters. The molecule has 1 N–H and O–H groups in total. The molecule has 19 heavy (non-hydrogen) atoms. The smallest absolute Gasteiger partial charge is 0.153 e. The normalized spacial score (nSPS) is 11.2. The Morgan fingerprint density at radius 3 is 2.84 bits per heavy atom. The minimum atomic E-state index is 0.412. The second-order valence-electron chi connectivity index (χ2n) is 4.75. The van der Waals surface area contributed by atoms with Crippen LogP contribution in [0.3, 0.4) is 0 Å². The van der Waals surface area contributed by atoms with E-state index >= 15 is 0 Å². The Hall–Kier alpha value is -1.39. The molecule has 0 amide bonds. The third-order valence-electron chi connectivity index (χ3n) is 2.92. The molecule has 0 saturated heterocycles. The molecular formula is C14H19ClN4. The number of rotatable bonds is 5. The summed E-state index contributed by atoms with van der Waals surface area (Å²) < 4.78 is 1.79. The Balaban J connectivity index is 2.28. The van der Waals surface area contributed by atoms with Gasteiger partial charge < -0.3 is 5.32 Å². The Kier molecular flexibility index (Phi) is 4.56. The highest BCUT2D eigenvalue weighted by Crippen LogP contribution is 2.18. The molecule has 4 nitrogen and oxygen atoms in total. The molecule has 0 fully saturated rings. The molecule has 0 atom stereocenters. The summed E-state index contributed by atoms with van der Waals surface area (Å²) in [6.07, 6.45) is 3.61. The molecule has 2 aromatic rings. The zero-order valence-electron chi connectivity index (χ0n) is 11.5. The fraction of sp³-hybridized carbons (Fsp3) is 0.429. The van der Waals surface area contributed by atoms with E-state index in [1.165, 1.54) is 0 Å². The van der Waals surface area contributed by atoms with E-state index in [-0.39, 0.29) is 0 Å². The highest BCUT2D eigenvalue weighted by Gasteiger charge is 2.08. The number of hydrogen-bond acceptors (Lipinski definition) is 3. The first-order valence-corrected chi connectivity index (χ1v) is 6.90. The van der Waals surface area contributed by atoms with Crippen molar-refractivity contribution in [3.8, 4) is 5.82 Å². The van der Waals surface area contributed by atoms with Gasteiger partial charge in [0.25, 0.3) is 0 Å². The van der Waals surface area contributed by atoms with Crippen LogP contribution in [0.2, 0.25) is 5.02 Å². The van der Waals surface area contributed by atoms with Gasteiger partial charge >= 0.3 is 0 Å². The fourth-order valence-corrected chi connectivity index (χ4v) is 1.93. The Morgan fingerprint density at radius 1 is 1.42 bits per heavy atom. The maximum atomic E-state index is 6.14. The largest absolute Gasteiger partial charge is 0.313 e. The Morgan fingerprint density at radius 2 is 2.21 bits per heavy atom. The summed E-state index contributed by atoms with van der Waals surface area (Å²) in [5, 5.41) is 8.47. The lowest BCUT2D eigenvalue weighted by Gasteiger charge is -2.07. The van der Waals surface area contributed by atoms with E-state index in [1.807, 2.05) is 18.3 Å². The van der Waals surface area contributed by atoms with Crippen molar-refractivity contribution in [3.05, 3.63) is 40.8 Å². The molecule has 0 aliphatic heterocycles. The Bertz CT molecular complexity index is 548. The molecule has 0 aliphatic rings. The monoisotopic (exact) mass is 278 g/mol. The van der Waals surface area contributed by atoms with E-state index in [2.05, 4.69) is 36.2 Å². The zero-order valence-corrected chi connectivity index (χ0v) is 12.3. The second kappa shape index (κ2) is 6.17. The predicted octanol–water partition coefficient (Wildman–Crippen LogP) is 3.15. The van der Waals surface area contributed by atoms with E-state index in [9.17, 15) is 0 Å². The van der Waals surface area contributed by atoms with Crippen LogP contribution in [0.25, 0.3) is 5.82 Å². The van der Waals surface area contributed by atoms with Gasteiger partial charge in [-0.25, -0.2) is 9.67 Å². The van der Waals surface area contributed by atoms with E-state index in [0.29, 0.717) is 10.9 Å². The van der Waals surface area contributed by atoms with Gasteiger partial charge in [0.05, 0.1) is 10.7 Å². The average molecular weight is 279 g/mol. The maximum absolute atomic E-state index is 6.14. The highest BCUT2D eigenvalue weighted by atomic mass is 35.5. The molecule has 5 heteroatoms. The first-order chi connectivity index (χ1) is 9.11. The molecule has 0 aromatic carbocycles. The predicted molar refractivity (Wildman–Crippen MR) is 77.8 cm³/mol. The van der Waals surface area contributed by atoms with Gasteiger partial charge in [0, 0.05) is 18.9 Å². The summed E-state index contributed by atoms with van der Waals surface area (Å²) in [6.45, 7) is 7.96. The van der Waals surface area contributed by atoms with Crippen LogP contribution in [0.15, 0.2) is 24.5 Å². The van der Waals surface area contributed by atoms with Crippen LogP contribution in [0, 0.1) is 0 Å². The van der Waals surface area contributed by atoms with Crippen molar-refractivity contribution < 1.29 is 0 Å². The number of pyridine rings is 1. The van der Waals surface area contributed by atoms with E-state index in [0.717, 1.165) is 30.2 Å². The minimum absolute atomic E-state index is 0.412. The molecule has 0 spiro atoms. The summed E-state index contributed by atoms with van der Waals surface area (Å²) in [6, 6.07) is 3.99. The minimum Gasteiger partial charge on any atom is -0.313 e. The first kappa shape index (κ1) is 14.0. The van der Waals surface area contributed by atoms with Gasteiger partial charge in [0.2, 0.25) is 0 Å². The molecule has 2 aromatic heterocycles. The van der Waals surface area contributed by atoms with Gasteiger partial charge in [0.15, 0.2) is 5.82 Å². The fourth-order valence-electron chi connectivity index (χ4n) is 1.76. The van der Waals surface area contributed by atoms with Crippen LogP contribution in [0.4, 0.5) is 0 Å². The van der Waals surface area contributed by atoms with Crippen LogP contribution < -0.4 is 5.32 Å². The van der Waals surface area contributed by atoms with Crippen molar-refractivity contribution in [2.75, 3.05) is 6.54 Å². The number of nitrogens with one attached hydrogen (secondary N) is 1. The summed E-state index contributed by atoms with van der Waals surface area (Å²) in [5.74, 6) is 1.21. The average Bonchev–Trinajstić information content (AvgIpc) is 2.87. The van der Waals surface area contributed by atoms with Crippen LogP contribution in [0.1, 0.15) is 37.9 Å². The Labute approximate surface area is 118 Å². The van der Waals surface area contributed by atoms with Crippen LogP contribution in [0.5, 0.6) is 0 Å². The van der Waals surface area contributed by atoms with Crippen LogP contribution in [-0.4, -0.2) is 21.3 Å². The van der Waals surface area contributed by atoms with Crippen molar-refractivity contribution in [3.63, 3.8) is 0 Å². The zero-order chi connectivity index (χ0) is 13.8. The third-order valence-corrected chi connectivity index (χ3v) is 3.26. The quantitative estimate of drug-likeness (QED) is 0.914. The second-order valence-corrected chi connectivity index (χ2v) is 5.16. The molecule has 0 saturated carbocycles. The first-order valence-electron chi connectivity index (χ1n) is 6.53. The van der Waals surface area contributed by atoms with Gasteiger partial charge in [0.1, 0.15) is 0 Å². The van der Waals surface area contributed by atoms with Gasteiger partial charge in [-0.2, -0.15) is 5.10 Å². The maximum Gasteiger partial charge on any atom is 0.153 e. The number of hydrogen-bond donors (Lipinski definition) is 1. The van der Waals surface area contributed by atoms with E-state index in [1.54, 1.807) is 10.9 Å². The third kappa shape index (κ3) is 3.33. The standard InChI is InChI=1S/C14H19ClN4/c1-4-16-8-11-7-14(17-9-12(11)15)19-6-5-13(18-19)10(2)3/h5-7,9-10,16H,4,8H2,1-3H3. The summed E-state index contributed by atoms with van der Waals surface area (Å²) >= 11 is 6.14. The molecule has 2 heterocycles. The van der Waals surface area contributed by atoms with Crippen LogP contribution >= 0.6 is 11.6 Å². The summed E-state index contributed by atoms with van der Waals surface area (Å²) in [7, 11) is 0. The van der Waals surface area contributed by atoms with Crippen molar-refractivity contribution >= 4 is 11.6 Å². The van der Waals surface area contributed by atoms with Crippen molar-refractivity contribution in [1.82, 2.24) is 20.1 Å². The van der Waals surface area contributed by atoms with E-state index < -0.39 is 0 Å². The topological polar surface area (TPSA) is 42.7 Å². The van der Waals surface area contributed by atoms with Crippen molar-refractivity contribution in [2.24, 2.45) is 0 Å². The lowest BCUT2D eigenvalue weighted by molar-refractivity contribution is 0.720.